The van der Waals surface area contributed by atoms with Gasteiger partial charge in [-0.15, -0.1) is 11.3 Å². The van der Waals surface area contributed by atoms with E-state index in [-0.39, 0.29) is 0 Å². The Morgan fingerprint density at radius 3 is 2.90 bits per heavy atom. The van der Waals surface area contributed by atoms with Gasteiger partial charge >= 0.3 is 0 Å². The van der Waals surface area contributed by atoms with Gasteiger partial charge in [-0.25, -0.2) is 0 Å². The van der Waals surface area contributed by atoms with E-state index in [1.165, 1.54) is 10.4 Å². The van der Waals surface area contributed by atoms with E-state index in [0.717, 1.165) is 10.9 Å². The molecule has 0 N–H and O–H groups in total. The zero-order chi connectivity index (χ0) is 7.56. The third-order valence-electron chi connectivity index (χ3n) is 1.32. The highest BCUT2D eigenvalue weighted by atomic mass is 79.9. The van der Waals surface area contributed by atoms with Gasteiger partial charge in [-0.1, -0.05) is 22.5 Å². The Morgan fingerprint density at radius 2 is 2.50 bits per heavy atom. The lowest BCUT2D eigenvalue weighted by Gasteiger charge is -1.94. The Labute approximate surface area is 73.7 Å². The molecule has 0 saturated heterocycles. The zero-order valence-corrected chi connectivity index (χ0v) is 8.26. The maximum Gasteiger partial charge on any atom is 0.0132 e. The summed E-state index contributed by atoms with van der Waals surface area (Å²) >= 11 is 5.13. The fraction of sp³-hybridized carbons (Fsp3) is 0.250. The van der Waals surface area contributed by atoms with Crippen molar-refractivity contribution in [3.05, 3.63) is 32.9 Å². The molecule has 1 heterocycles. The minimum Gasteiger partial charge on any atom is -0.148 e. The van der Waals surface area contributed by atoms with Gasteiger partial charge < -0.3 is 0 Å². The predicted octanol–water partition coefficient (Wildman–Crippen LogP) is 3.51. The molecule has 0 bridgehead atoms. The van der Waals surface area contributed by atoms with Crippen molar-refractivity contribution in [1.82, 2.24) is 0 Å². The Balaban J connectivity index is 2.74. The van der Waals surface area contributed by atoms with Crippen molar-refractivity contribution >= 4 is 27.3 Å². The van der Waals surface area contributed by atoms with Crippen molar-refractivity contribution in [2.45, 2.75) is 13.3 Å². The second-order valence-electron chi connectivity index (χ2n) is 2.22. The normalized spacial score (nSPS) is 9.80. The topological polar surface area (TPSA) is 0 Å². The summed E-state index contributed by atoms with van der Waals surface area (Å²) < 4.78 is 1.05. The third kappa shape index (κ3) is 1.96. The Bertz CT molecular complexity index is 237. The van der Waals surface area contributed by atoms with E-state index in [9.17, 15) is 0 Å². The quantitative estimate of drug-likeness (QED) is 0.711. The second kappa shape index (κ2) is 3.35. The summed E-state index contributed by atoms with van der Waals surface area (Å²) in [5.74, 6) is 0. The SMILES string of the molecule is C=C(Br)Cc1sccc1C. The standard InChI is InChI=1S/C8H9BrS/c1-6-3-4-10-8(6)5-7(2)9/h3-4H,2,5H2,1H3. The molecule has 2 heteroatoms. The molecule has 54 valence electrons. The van der Waals surface area contributed by atoms with E-state index in [1.54, 1.807) is 11.3 Å². The molecule has 0 spiro atoms. The molecule has 0 amide bonds. The maximum atomic E-state index is 3.79. The van der Waals surface area contributed by atoms with Crippen molar-refractivity contribution in [2.75, 3.05) is 0 Å². The maximum absolute atomic E-state index is 3.79. The van der Waals surface area contributed by atoms with Crippen LogP contribution in [0.1, 0.15) is 10.4 Å². The molecule has 0 aliphatic heterocycles. The first kappa shape index (κ1) is 8.02. The van der Waals surface area contributed by atoms with Gasteiger partial charge in [0.05, 0.1) is 0 Å². The summed E-state index contributed by atoms with van der Waals surface area (Å²) in [6.07, 6.45) is 0.962. The highest BCUT2D eigenvalue weighted by Crippen LogP contribution is 2.20. The molecule has 1 rings (SSSR count). The molecular formula is C8H9BrS. The van der Waals surface area contributed by atoms with Gasteiger partial charge in [-0.05, 0) is 28.4 Å². The monoisotopic (exact) mass is 216 g/mol. The molecule has 0 atom stereocenters. The molecule has 1 aromatic rings. The molecule has 1 aromatic heterocycles. The van der Waals surface area contributed by atoms with Crippen LogP contribution in [0, 0.1) is 6.92 Å². The molecule has 0 fully saturated rings. The van der Waals surface area contributed by atoms with Gasteiger partial charge in [0.2, 0.25) is 0 Å². The van der Waals surface area contributed by atoms with Gasteiger partial charge in [0.25, 0.3) is 0 Å². The molecule has 0 unspecified atom stereocenters. The molecular weight excluding hydrogens is 208 g/mol. The average Bonchev–Trinajstić information content (AvgIpc) is 2.15. The van der Waals surface area contributed by atoms with E-state index in [1.807, 2.05) is 0 Å². The number of rotatable bonds is 2. The van der Waals surface area contributed by atoms with Crippen LogP contribution in [0.5, 0.6) is 0 Å². The summed E-state index contributed by atoms with van der Waals surface area (Å²) in [4.78, 5) is 1.40. The molecule has 0 saturated carbocycles. The van der Waals surface area contributed by atoms with Crippen LogP contribution in [0.15, 0.2) is 22.5 Å². The fourth-order valence-corrected chi connectivity index (χ4v) is 2.17. The van der Waals surface area contributed by atoms with Crippen molar-refractivity contribution in [3.63, 3.8) is 0 Å². The minimum absolute atomic E-state index is 0.962. The highest BCUT2D eigenvalue weighted by Gasteiger charge is 1.98. The average molecular weight is 217 g/mol. The van der Waals surface area contributed by atoms with E-state index >= 15 is 0 Å². The van der Waals surface area contributed by atoms with Crippen LogP contribution in [-0.2, 0) is 6.42 Å². The minimum atomic E-state index is 0.962. The Hall–Kier alpha value is -0.0800. The summed E-state index contributed by atoms with van der Waals surface area (Å²) in [6.45, 7) is 5.92. The van der Waals surface area contributed by atoms with Crippen molar-refractivity contribution in [2.24, 2.45) is 0 Å². The summed E-state index contributed by atoms with van der Waals surface area (Å²) in [5, 5.41) is 2.11. The summed E-state index contributed by atoms with van der Waals surface area (Å²) in [7, 11) is 0. The first-order chi connectivity index (χ1) is 4.70. The number of halogens is 1. The van der Waals surface area contributed by atoms with Gasteiger partial charge in [0.1, 0.15) is 0 Å². The number of hydrogen-bond acceptors (Lipinski definition) is 1. The van der Waals surface area contributed by atoms with Gasteiger partial charge in [-0.3, -0.25) is 0 Å². The van der Waals surface area contributed by atoms with E-state index in [4.69, 9.17) is 0 Å². The summed E-state index contributed by atoms with van der Waals surface area (Å²) in [6, 6.07) is 2.13. The number of aryl methyl sites for hydroxylation is 1. The third-order valence-corrected chi connectivity index (χ3v) is 2.62. The lowest BCUT2D eigenvalue weighted by Crippen LogP contribution is -1.79. The lowest BCUT2D eigenvalue weighted by molar-refractivity contribution is 1.28. The molecule has 0 aromatic carbocycles. The number of hydrogen-bond donors (Lipinski definition) is 0. The number of thiophene rings is 1. The van der Waals surface area contributed by atoms with E-state index in [2.05, 4.69) is 40.9 Å². The van der Waals surface area contributed by atoms with Gasteiger partial charge in [0, 0.05) is 11.3 Å². The first-order valence-corrected chi connectivity index (χ1v) is 4.73. The van der Waals surface area contributed by atoms with Crippen LogP contribution < -0.4 is 0 Å². The molecule has 0 aliphatic rings. The first-order valence-electron chi connectivity index (χ1n) is 3.06. The number of allylic oxidation sites excluding steroid dienone is 1. The van der Waals surface area contributed by atoms with Crippen LogP contribution >= 0.6 is 27.3 Å². The molecule has 0 aliphatic carbocycles. The van der Waals surface area contributed by atoms with E-state index in [0.29, 0.717) is 0 Å². The molecule has 0 radical (unpaired) electrons. The van der Waals surface area contributed by atoms with Crippen molar-refractivity contribution < 1.29 is 0 Å². The van der Waals surface area contributed by atoms with Crippen LogP contribution in [0.4, 0.5) is 0 Å². The second-order valence-corrected chi connectivity index (χ2v) is 4.34. The van der Waals surface area contributed by atoms with Crippen molar-refractivity contribution in [1.29, 1.82) is 0 Å². The van der Waals surface area contributed by atoms with E-state index < -0.39 is 0 Å². The summed E-state index contributed by atoms with van der Waals surface area (Å²) in [5.41, 5.74) is 1.37. The Morgan fingerprint density at radius 1 is 1.80 bits per heavy atom. The van der Waals surface area contributed by atoms with Crippen molar-refractivity contribution in [3.8, 4) is 0 Å². The largest absolute Gasteiger partial charge is 0.148 e. The predicted molar refractivity (Wildman–Crippen MR) is 50.8 cm³/mol. The zero-order valence-electron chi connectivity index (χ0n) is 5.86. The van der Waals surface area contributed by atoms with Crippen LogP contribution in [0.3, 0.4) is 0 Å². The smallest absolute Gasteiger partial charge is 0.0132 e. The molecule has 0 nitrogen and oxygen atoms in total. The van der Waals surface area contributed by atoms with Crippen LogP contribution in [-0.4, -0.2) is 0 Å². The highest BCUT2D eigenvalue weighted by molar-refractivity contribution is 9.11. The van der Waals surface area contributed by atoms with Crippen LogP contribution in [0.25, 0.3) is 0 Å². The van der Waals surface area contributed by atoms with Gasteiger partial charge in [-0.2, -0.15) is 0 Å². The van der Waals surface area contributed by atoms with Crippen LogP contribution in [0.2, 0.25) is 0 Å². The lowest BCUT2D eigenvalue weighted by atomic mass is 10.2. The molecule has 10 heavy (non-hydrogen) atoms. The Kier molecular flexibility index (Phi) is 2.69. The van der Waals surface area contributed by atoms with Gasteiger partial charge in [0.15, 0.2) is 0 Å². The fourth-order valence-electron chi connectivity index (χ4n) is 0.759.